The van der Waals surface area contributed by atoms with Gasteiger partial charge in [0.25, 0.3) is 0 Å². The van der Waals surface area contributed by atoms with Crippen LogP contribution < -0.4 is 10.2 Å². The van der Waals surface area contributed by atoms with Crippen molar-refractivity contribution in [3.05, 3.63) is 44.8 Å². The van der Waals surface area contributed by atoms with Crippen molar-refractivity contribution in [1.29, 1.82) is 0 Å². The van der Waals surface area contributed by atoms with Gasteiger partial charge in [-0.3, -0.25) is 4.79 Å². The predicted octanol–water partition coefficient (Wildman–Crippen LogP) is 4.07. The number of ether oxygens (including phenoxy) is 2. The molecule has 29 heavy (non-hydrogen) atoms. The molecule has 1 saturated carbocycles. The van der Waals surface area contributed by atoms with Crippen LogP contribution in [-0.2, 0) is 16.7 Å². The lowest BCUT2D eigenvalue weighted by Crippen LogP contribution is -2.43. The zero-order valence-corrected chi connectivity index (χ0v) is 17.9. The summed E-state index contributed by atoms with van der Waals surface area (Å²) in [7, 11) is 1.27. The first-order valence-corrected chi connectivity index (χ1v) is 10.3. The fraction of sp³-hybridized carbons (Fsp3) is 0.500. The van der Waals surface area contributed by atoms with Crippen LogP contribution in [0.4, 0.5) is 0 Å². The fourth-order valence-corrected chi connectivity index (χ4v) is 4.01. The van der Waals surface area contributed by atoms with E-state index in [9.17, 15) is 9.59 Å². The largest absolute Gasteiger partial charge is 0.490 e. The number of esters is 1. The molecule has 154 valence electrons. The summed E-state index contributed by atoms with van der Waals surface area (Å²) in [5.41, 5.74) is 1.55. The zero-order valence-electron chi connectivity index (χ0n) is 17.1. The van der Waals surface area contributed by atoms with Crippen molar-refractivity contribution in [3.8, 4) is 17.1 Å². The molecule has 1 atom stereocenters. The van der Waals surface area contributed by atoms with Gasteiger partial charge in [-0.2, -0.15) is 0 Å². The van der Waals surface area contributed by atoms with Gasteiger partial charge in [0, 0.05) is 17.8 Å². The number of hydrogen-bond acceptors (Lipinski definition) is 5. The Balaban J connectivity index is 1.88. The number of nitrogens with zero attached hydrogens (tertiary/aromatic N) is 2. The van der Waals surface area contributed by atoms with Gasteiger partial charge < -0.3 is 14.0 Å². The number of aromatic nitrogens is 2. The van der Waals surface area contributed by atoms with Gasteiger partial charge in [0.2, 0.25) is 0 Å². The predicted molar refractivity (Wildman–Crippen MR) is 111 cm³/mol. The Morgan fingerprint density at radius 1 is 1.38 bits per heavy atom. The van der Waals surface area contributed by atoms with Crippen LogP contribution in [0.2, 0.25) is 5.15 Å². The van der Waals surface area contributed by atoms with E-state index in [1.807, 2.05) is 10.6 Å². The second kappa shape index (κ2) is 7.17. The van der Waals surface area contributed by atoms with Gasteiger partial charge >= 0.3 is 5.97 Å². The first-order chi connectivity index (χ1) is 13.7. The maximum atomic E-state index is 12.6. The first kappa shape index (κ1) is 20.0. The minimum Gasteiger partial charge on any atom is -0.490 e. The van der Waals surface area contributed by atoms with E-state index >= 15 is 0 Å². The molecular formula is C22H25ClN2O4. The highest BCUT2D eigenvalue weighted by atomic mass is 35.5. The summed E-state index contributed by atoms with van der Waals surface area (Å²) >= 11 is 6.41. The Hall–Kier alpha value is -2.34. The molecule has 0 aromatic carbocycles. The van der Waals surface area contributed by atoms with Gasteiger partial charge in [0.05, 0.1) is 25.1 Å². The van der Waals surface area contributed by atoms with Gasteiger partial charge in [-0.25, -0.2) is 9.78 Å². The van der Waals surface area contributed by atoms with E-state index in [0.717, 1.165) is 5.56 Å². The van der Waals surface area contributed by atoms with Crippen LogP contribution in [0.1, 0.15) is 49.5 Å². The smallest absolute Gasteiger partial charge is 0.343 e. The highest BCUT2D eigenvalue weighted by Gasteiger charge is 2.39. The molecule has 0 bridgehead atoms. The standard InChI is InChI=1S/C22H25ClN2O4/c1-12(2)22(3)9-14-7-18(29-11-13-5-6-13)20(23)24-19(14)16-8-17(26)15(10-25(16)22)21(27)28-4/h7-8,10,12-13H,5-6,9,11H2,1-4H3. The molecule has 2 aromatic rings. The lowest BCUT2D eigenvalue weighted by Gasteiger charge is -2.42. The molecule has 4 rings (SSSR count). The minimum absolute atomic E-state index is 0.0158. The van der Waals surface area contributed by atoms with Crippen LogP contribution in [0.3, 0.4) is 0 Å². The third-order valence-electron chi connectivity index (χ3n) is 6.24. The van der Waals surface area contributed by atoms with Crippen molar-refractivity contribution >= 4 is 17.6 Å². The molecule has 1 aliphatic carbocycles. The fourth-order valence-electron chi connectivity index (χ4n) is 3.82. The number of rotatable bonds is 5. The summed E-state index contributed by atoms with van der Waals surface area (Å²) in [6, 6.07) is 3.41. The second-order valence-corrected chi connectivity index (χ2v) is 8.88. The molecule has 0 amide bonds. The SMILES string of the molecule is COC(=O)c1cn2c(cc1=O)-c1nc(Cl)c(OCC3CC3)cc1CC2(C)C(C)C. The summed E-state index contributed by atoms with van der Waals surface area (Å²) in [5.74, 6) is 0.787. The molecule has 0 N–H and O–H groups in total. The van der Waals surface area contributed by atoms with Gasteiger partial charge in [-0.1, -0.05) is 25.4 Å². The molecule has 1 aliphatic heterocycles. The third kappa shape index (κ3) is 3.44. The van der Waals surface area contributed by atoms with Crippen LogP contribution in [0.5, 0.6) is 5.75 Å². The van der Waals surface area contributed by atoms with Gasteiger partial charge in [-0.15, -0.1) is 0 Å². The average molecular weight is 417 g/mol. The van der Waals surface area contributed by atoms with E-state index in [2.05, 4.69) is 25.8 Å². The van der Waals surface area contributed by atoms with E-state index in [0.29, 0.717) is 36.1 Å². The molecule has 1 unspecified atom stereocenters. The van der Waals surface area contributed by atoms with Gasteiger partial charge in [-0.05, 0) is 49.7 Å². The van der Waals surface area contributed by atoms with Gasteiger partial charge in [0.15, 0.2) is 16.3 Å². The molecule has 2 aliphatic rings. The highest BCUT2D eigenvalue weighted by Crippen LogP contribution is 2.43. The monoisotopic (exact) mass is 416 g/mol. The van der Waals surface area contributed by atoms with Crippen LogP contribution >= 0.6 is 11.6 Å². The Bertz CT molecular complexity index is 1040. The minimum atomic E-state index is -0.642. The van der Waals surface area contributed by atoms with Gasteiger partial charge in [0.1, 0.15) is 5.56 Å². The summed E-state index contributed by atoms with van der Waals surface area (Å²) in [5, 5.41) is 0.286. The molecule has 3 heterocycles. The maximum absolute atomic E-state index is 12.6. The lowest BCUT2D eigenvalue weighted by atomic mass is 9.78. The summed E-state index contributed by atoms with van der Waals surface area (Å²) < 4.78 is 12.7. The number of pyridine rings is 2. The topological polar surface area (TPSA) is 70.4 Å². The van der Waals surface area contributed by atoms with E-state index in [1.165, 1.54) is 26.0 Å². The number of carbonyl (C=O) groups is 1. The molecule has 6 nitrogen and oxygen atoms in total. The number of fused-ring (bicyclic) bond motifs is 3. The molecule has 1 fully saturated rings. The molecule has 0 radical (unpaired) electrons. The average Bonchev–Trinajstić information content (AvgIpc) is 3.50. The number of carbonyl (C=O) groups excluding carboxylic acids is 1. The van der Waals surface area contributed by atoms with E-state index in [4.69, 9.17) is 21.1 Å². The van der Waals surface area contributed by atoms with Crippen molar-refractivity contribution in [1.82, 2.24) is 9.55 Å². The molecule has 2 aromatic heterocycles. The molecule has 0 spiro atoms. The van der Waals surface area contributed by atoms with Crippen LogP contribution in [0, 0.1) is 11.8 Å². The molecule has 0 saturated heterocycles. The van der Waals surface area contributed by atoms with Crippen LogP contribution in [0.15, 0.2) is 23.1 Å². The van der Waals surface area contributed by atoms with Crippen molar-refractivity contribution in [3.63, 3.8) is 0 Å². The second-order valence-electron chi connectivity index (χ2n) is 8.53. The first-order valence-electron chi connectivity index (χ1n) is 9.92. The molecule has 7 heteroatoms. The van der Waals surface area contributed by atoms with E-state index < -0.39 is 11.4 Å². The summed E-state index contributed by atoms with van der Waals surface area (Å²) in [4.78, 5) is 29.3. The Morgan fingerprint density at radius 3 is 2.72 bits per heavy atom. The van der Waals surface area contributed by atoms with Crippen molar-refractivity contribution in [2.45, 2.75) is 45.6 Å². The molecular weight excluding hydrogens is 392 g/mol. The Kier molecular flexibility index (Phi) is 4.93. The number of halogens is 1. The lowest BCUT2D eigenvalue weighted by molar-refractivity contribution is 0.0597. The van der Waals surface area contributed by atoms with Crippen molar-refractivity contribution < 1.29 is 14.3 Å². The van der Waals surface area contributed by atoms with Crippen molar-refractivity contribution in [2.75, 3.05) is 13.7 Å². The maximum Gasteiger partial charge on any atom is 0.343 e. The summed E-state index contributed by atoms with van der Waals surface area (Å²) in [6.45, 7) is 7.02. The van der Waals surface area contributed by atoms with Crippen LogP contribution in [0.25, 0.3) is 11.4 Å². The Labute approximate surface area is 174 Å². The number of methoxy groups -OCH3 is 1. The normalized spacial score (nSPS) is 20.2. The van der Waals surface area contributed by atoms with Crippen molar-refractivity contribution in [2.24, 2.45) is 11.8 Å². The summed E-state index contributed by atoms with van der Waals surface area (Å²) in [6.07, 6.45) is 4.67. The van der Waals surface area contributed by atoms with E-state index in [1.54, 1.807) is 6.20 Å². The quantitative estimate of drug-likeness (QED) is 0.542. The Morgan fingerprint density at radius 2 is 2.10 bits per heavy atom. The van der Waals surface area contributed by atoms with Crippen LogP contribution in [-0.4, -0.2) is 29.2 Å². The number of hydrogen-bond donors (Lipinski definition) is 0. The van der Waals surface area contributed by atoms with E-state index in [-0.39, 0.29) is 22.2 Å². The highest BCUT2D eigenvalue weighted by molar-refractivity contribution is 6.31. The zero-order chi connectivity index (χ0) is 20.9. The third-order valence-corrected chi connectivity index (χ3v) is 6.51.